The fraction of sp³-hybridized carbons (Fsp3) is 0.500. The van der Waals surface area contributed by atoms with Crippen LogP contribution in [0.1, 0.15) is 18.4 Å². The Labute approximate surface area is 112 Å². The molecule has 0 bridgehead atoms. The molecule has 1 aromatic rings. The van der Waals surface area contributed by atoms with E-state index < -0.39 is 0 Å². The Balaban J connectivity index is 2.03. The largest absolute Gasteiger partial charge is 0.381 e. The third-order valence-corrected chi connectivity index (χ3v) is 4.32. The summed E-state index contributed by atoms with van der Waals surface area (Å²) in [6, 6.07) is 8.18. The Morgan fingerprint density at radius 1 is 1.33 bits per heavy atom. The third kappa shape index (κ3) is 1.73. The lowest BCUT2D eigenvalue weighted by Gasteiger charge is -2.34. The summed E-state index contributed by atoms with van der Waals surface area (Å²) >= 11 is 5.71. The number of para-hydroxylation sites is 1. The number of anilines is 1. The van der Waals surface area contributed by atoms with E-state index in [2.05, 4.69) is 6.07 Å². The van der Waals surface area contributed by atoms with Gasteiger partial charge in [0.15, 0.2) is 0 Å². The van der Waals surface area contributed by atoms with E-state index in [0.717, 1.165) is 38.3 Å². The number of alkyl halides is 1. The molecule has 1 aromatic carbocycles. The predicted octanol–water partition coefficient (Wildman–Crippen LogP) is 2.32. The van der Waals surface area contributed by atoms with Crippen LogP contribution in [-0.2, 0) is 14.9 Å². The van der Waals surface area contributed by atoms with Crippen molar-refractivity contribution in [3.05, 3.63) is 29.8 Å². The summed E-state index contributed by atoms with van der Waals surface area (Å²) < 4.78 is 5.46. The summed E-state index contributed by atoms with van der Waals surface area (Å²) in [5.74, 6) is 0.0356. The van der Waals surface area contributed by atoms with Gasteiger partial charge in [0.05, 0.1) is 0 Å². The van der Waals surface area contributed by atoms with Crippen molar-refractivity contribution >= 4 is 23.2 Å². The number of ether oxygens (including phenoxy) is 1. The van der Waals surface area contributed by atoms with Crippen molar-refractivity contribution in [2.75, 3.05) is 30.5 Å². The molecule has 0 N–H and O–H groups in total. The van der Waals surface area contributed by atoms with E-state index in [1.807, 2.05) is 23.1 Å². The van der Waals surface area contributed by atoms with Crippen LogP contribution in [-0.4, -0.2) is 31.5 Å². The molecule has 0 radical (unpaired) electrons. The molecule has 2 aliphatic rings. The third-order valence-electron chi connectivity index (χ3n) is 4.09. The van der Waals surface area contributed by atoms with Crippen molar-refractivity contribution in [2.24, 2.45) is 0 Å². The smallest absolute Gasteiger partial charge is 0.241 e. The van der Waals surface area contributed by atoms with Gasteiger partial charge in [-0.3, -0.25) is 4.79 Å². The molecule has 1 fully saturated rings. The molecule has 1 saturated heterocycles. The molecule has 96 valence electrons. The molecule has 3 nitrogen and oxygen atoms in total. The molecule has 1 amide bonds. The lowest BCUT2D eigenvalue weighted by molar-refractivity contribution is -0.116. The SMILES string of the molecule is O=C(CCl)N1CC2(CCOCC2)c2ccccc21. The molecule has 0 aliphatic carbocycles. The molecule has 3 rings (SSSR count). The Hall–Kier alpha value is -1.06. The average Bonchev–Trinajstić information content (AvgIpc) is 2.74. The van der Waals surface area contributed by atoms with E-state index >= 15 is 0 Å². The highest BCUT2D eigenvalue weighted by molar-refractivity contribution is 6.29. The highest BCUT2D eigenvalue weighted by Gasteiger charge is 2.44. The first kappa shape index (κ1) is 12.0. The van der Waals surface area contributed by atoms with Gasteiger partial charge in [-0.25, -0.2) is 0 Å². The highest BCUT2D eigenvalue weighted by Crippen LogP contribution is 2.46. The lowest BCUT2D eigenvalue weighted by Crippen LogP contribution is -2.41. The number of nitrogens with zero attached hydrogens (tertiary/aromatic N) is 1. The molecule has 18 heavy (non-hydrogen) atoms. The van der Waals surface area contributed by atoms with Gasteiger partial charge in [0.25, 0.3) is 0 Å². The van der Waals surface area contributed by atoms with Crippen LogP contribution in [0.25, 0.3) is 0 Å². The topological polar surface area (TPSA) is 29.5 Å². The van der Waals surface area contributed by atoms with Crippen molar-refractivity contribution in [3.8, 4) is 0 Å². The average molecular weight is 266 g/mol. The zero-order chi connectivity index (χ0) is 12.6. The van der Waals surface area contributed by atoms with Crippen molar-refractivity contribution in [3.63, 3.8) is 0 Å². The minimum atomic E-state index is -0.00696. The second-order valence-electron chi connectivity index (χ2n) is 5.02. The van der Waals surface area contributed by atoms with Gasteiger partial charge in [-0.2, -0.15) is 0 Å². The molecule has 1 spiro atoms. The first-order valence-corrected chi connectivity index (χ1v) is 6.84. The Morgan fingerprint density at radius 2 is 2.06 bits per heavy atom. The second-order valence-corrected chi connectivity index (χ2v) is 5.29. The van der Waals surface area contributed by atoms with E-state index in [1.165, 1.54) is 5.56 Å². The van der Waals surface area contributed by atoms with Crippen LogP contribution in [0.5, 0.6) is 0 Å². The number of amides is 1. The summed E-state index contributed by atoms with van der Waals surface area (Å²) in [4.78, 5) is 13.8. The van der Waals surface area contributed by atoms with Crippen LogP contribution in [0.4, 0.5) is 5.69 Å². The maximum Gasteiger partial charge on any atom is 0.241 e. The summed E-state index contributed by atoms with van der Waals surface area (Å²) in [5.41, 5.74) is 2.40. The standard InChI is InChI=1S/C14H16ClNO2/c15-9-13(17)16-10-14(5-7-18-8-6-14)11-3-1-2-4-12(11)16/h1-4H,5-10H2. The lowest BCUT2D eigenvalue weighted by atomic mass is 9.76. The second kappa shape index (κ2) is 4.56. The van der Waals surface area contributed by atoms with Crippen LogP contribution < -0.4 is 4.90 Å². The maximum atomic E-state index is 12.0. The molecule has 0 atom stereocenters. The van der Waals surface area contributed by atoms with Crippen molar-refractivity contribution in [2.45, 2.75) is 18.3 Å². The van der Waals surface area contributed by atoms with E-state index in [9.17, 15) is 4.79 Å². The van der Waals surface area contributed by atoms with E-state index in [0.29, 0.717) is 0 Å². The van der Waals surface area contributed by atoms with Crippen molar-refractivity contribution in [1.82, 2.24) is 0 Å². The number of benzene rings is 1. The fourth-order valence-corrected chi connectivity index (χ4v) is 3.26. The fourth-order valence-electron chi connectivity index (χ4n) is 3.11. The van der Waals surface area contributed by atoms with E-state index in [1.54, 1.807) is 0 Å². The van der Waals surface area contributed by atoms with Gasteiger partial charge in [-0.15, -0.1) is 11.6 Å². The van der Waals surface area contributed by atoms with Crippen LogP contribution >= 0.6 is 11.6 Å². The first-order valence-electron chi connectivity index (χ1n) is 6.30. The van der Waals surface area contributed by atoms with Crippen molar-refractivity contribution < 1.29 is 9.53 Å². The van der Waals surface area contributed by atoms with Gasteiger partial charge >= 0.3 is 0 Å². The Morgan fingerprint density at radius 3 is 2.78 bits per heavy atom. The minimum absolute atomic E-state index is 0.00696. The predicted molar refractivity (Wildman–Crippen MR) is 71.2 cm³/mol. The van der Waals surface area contributed by atoms with E-state index in [4.69, 9.17) is 16.3 Å². The van der Waals surface area contributed by atoms with Crippen molar-refractivity contribution in [1.29, 1.82) is 0 Å². The molecule has 4 heteroatoms. The number of carbonyl (C=O) groups excluding carboxylic acids is 1. The number of carbonyl (C=O) groups is 1. The monoisotopic (exact) mass is 265 g/mol. The van der Waals surface area contributed by atoms with Gasteiger partial charge < -0.3 is 9.64 Å². The first-order chi connectivity index (χ1) is 8.77. The number of rotatable bonds is 1. The zero-order valence-electron chi connectivity index (χ0n) is 10.2. The van der Waals surface area contributed by atoms with E-state index in [-0.39, 0.29) is 17.2 Å². The van der Waals surface area contributed by atoms with Gasteiger partial charge in [0.1, 0.15) is 5.88 Å². The minimum Gasteiger partial charge on any atom is -0.381 e. The van der Waals surface area contributed by atoms with Crippen LogP contribution in [0, 0.1) is 0 Å². The normalized spacial score (nSPS) is 21.1. The number of hydrogen-bond acceptors (Lipinski definition) is 2. The highest BCUT2D eigenvalue weighted by atomic mass is 35.5. The van der Waals surface area contributed by atoms with Crippen LogP contribution in [0.15, 0.2) is 24.3 Å². The van der Waals surface area contributed by atoms with Gasteiger partial charge in [0, 0.05) is 30.9 Å². The summed E-state index contributed by atoms with van der Waals surface area (Å²) in [5, 5.41) is 0. The number of hydrogen-bond donors (Lipinski definition) is 0. The molecule has 0 saturated carbocycles. The number of halogens is 1. The molecule has 2 aliphatic heterocycles. The van der Waals surface area contributed by atoms with Gasteiger partial charge in [0.2, 0.25) is 5.91 Å². The Kier molecular flexibility index (Phi) is 3.04. The summed E-state index contributed by atoms with van der Waals surface area (Å²) in [7, 11) is 0. The number of fused-ring (bicyclic) bond motifs is 2. The quantitative estimate of drug-likeness (QED) is 0.730. The summed E-state index contributed by atoms with van der Waals surface area (Å²) in [6.07, 6.45) is 1.96. The molecule has 0 unspecified atom stereocenters. The summed E-state index contributed by atoms with van der Waals surface area (Å²) in [6.45, 7) is 2.30. The van der Waals surface area contributed by atoms with Crippen LogP contribution in [0.3, 0.4) is 0 Å². The zero-order valence-corrected chi connectivity index (χ0v) is 10.9. The Bertz CT molecular complexity index is 469. The molecule has 0 aromatic heterocycles. The van der Waals surface area contributed by atoms with Crippen LogP contribution in [0.2, 0.25) is 0 Å². The molecular weight excluding hydrogens is 250 g/mol. The van der Waals surface area contributed by atoms with Gasteiger partial charge in [-0.05, 0) is 24.5 Å². The van der Waals surface area contributed by atoms with Gasteiger partial charge in [-0.1, -0.05) is 18.2 Å². The maximum absolute atomic E-state index is 12.0. The molecular formula is C14H16ClNO2. The molecule has 2 heterocycles.